The molecule has 0 rings (SSSR count). The van der Waals surface area contributed by atoms with Crippen molar-refractivity contribution in [1.29, 1.82) is 0 Å². The van der Waals surface area contributed by atoms with Gasteiger partial charge in [0.1, 0.15) is 17.7 Å². The van der Waals surface area contributed by atoms with Crippen molar-refractivity contribution >= 4 is 17.8 Å². The Labute approximate surface area is 143 Å². The molecular weight excluding hydrogens is 316 g/mol. The van der Waals surface area contributed by atoms with E-state index in [9.17, 15) is 14.4 Å². The highest BCUT2D eigenvalue weighted by atomic mass is 16.7. The third kappa shape index (κ3) is 11.0. The number of carboxylic acids is 1. The molecule has 3 N–H and O–H groups in total. The Balaban J connectivity index is 4.77. The number of ether oxygens (including phenoxy) is 1. The zero-order valence-corrected chi connectivity index (χ0v) is 15.6. The molecule has 0 aromatic heterocycles. The lowest BCUT2D eigenvalue weighted by Gasteiger charge is -2.26. The molecule has 0 aromatic carbocycles. The lowest BCUT2D eigenvalue weighted by atomic mass is 10.1. The molecule has 1 amide bonds. The van der Waals surface area contributed by atoms with E-state index in [2.05, 4.69) is 10.8 Å². The van der Waals surface area contributed by atoms with Crippen LogP contribution in [0.15, 0.2) is 0 Å². The van der Waals surface area contributed by atoms with Gasteiger partial charge in [-0.05, 0) is 54.9 Å². The smallest absolute Gasteiger partial charge is 0.328 e. The first-order chi connectivity index (χ1) is 10.7. The Morgan fingerprint density at radius 1 is 1.04 bits per heavy atom. The molecule has 8 nitrogen and oxygen atoms in total. The van der Waals surface area contributed by atoms with E-state index < -0.39 is 41.1 Å². The minimum Gasteiger partial charge on any atom is -0.481 e. The number of amides is 1. The van der Waals surface area contributed by atoms with Crippen molar-refractivity contribution < 1.29 is 29.1 Å². The molecule has 0 fully saturated rings. The van der Waals surface area contributed by atoms with Gasteiger partial charge in [-0.3, -0.25) is 14.4 Å². The first-order valence-corrected chi connectivity index (χ1v) is 7.90. The number of carbonyl (C=O) groups excluding carboxylic acids is 2. The van der Waals surface area contributed by atoms with Crippen LogP contribution in [0.2, 0.25) is 0 Å². The highest BCUT2D eigenvalue weighted by Gasteiger charge is 2.27. The number of esters is 1. The predicted molar refractivity (Wildman–Crippen MR) is 88.1 cm³/mol. The van der Waals surface area contributed by atoms with Gasteiger partial charge in [0.15, 0.2) is 0 Å². The molecule has 0 aromatic rings. The van der Waals surface area contributed by atoms with E-state index in [0.29, 0.717) is 0 Å². The minimum atomic E-state index is -1.02. The third-order valence-corrected chi connectivity index (χ3v) is 2.59. The molecule has 8 heteroatoms. The monoisotopic (exact) mass is 346 g/mol. The molecule has 24 heavy (non-hydrogen) atoms. The molecule has 0 aliphatic carbocycles. The van der Waals surface area contributed by atoms with Crippen LogP contribution in [0.3, 0.4) is 0 Å². The Morgan fingerprint density at radius 2 is 1.58 bits per heavy atom. The molecule has 0 heterocycles. The van der Waals surface area contributed by atoms with Gasteiger partial charge in [0.25, 0.3) is 0 Å². The van der Waals surface area contributed by atoms with Crippen molar-refractivity contribution in [3.63, 3.8) is 0 Å². The Morgan fingerprint density at radius 3 is 2.00 bits per heavy atom. The third-order valence-electron chi connectivity index (χ3n) is 2.59. The maximum atomic E-state index is 12.3. The Bertz CT molecular complexity index is 450. The zero-order chi connectivity index (χ0) is 19.1. The second-order valence-electron chi connectivity index (χ2n) is 7.58. The summed E-state index contributed by atoms with van der Waals surface area (Å²) in [6.45, 7) is 12.1. The van der Waals surface area contributed by atoms with E-state index in [4.69, 9.17) is 14.7 Å². The normalized spacial score (nSPS) is 14.6. The number of carbonyl (C=O) groups is 3. The van der Waals surface area contributed by atoms with Crippen LogP contribution in [0.1, 0.15) is 61.3 Å². The summed E-state index contributed by atoms with van der Waals surface area (Å²) in [5.41, 5.74) is 1.36. The predicted octanol–water partition coefficient (Wildman–Crippen LogP) is 1.39. The van der Waals surface area contributed by atoms with Gasteiger partial charge >= 0.3 is 11.9 Å². The van der Waals surface area contributed by atoms with Gasteiger partial charge in [-0.1, -0.05) is 0 Å². The molecule has 0 aliphatic heterocycles. The summed E-state index contributed by atoms with van der Waals surface area (Å²) in [6.07, 6.45) is -0.183. The lowest BCUT2D eigenvalue weighted by Crippen LogP contribution is -2.51. The molecule has 0 bridgehead atoms. The van der Waals surface area contributed by atoms with Gasteiger partial charge in [-0.25, -0.2) is 4.79 Å². The standard InChI is InChI=1S/C16H30N2O6/c1-10(14(22)23-15(2,3)4)17-13(21)11(8-9-12(19)20)18-24-16(5,6)7/h10-11,18H,8-9H2,1-7H3,(H,17,21)(H,19,20)/t10-,11-/m0/s1. The van der Waals surface area contributed by atoms with Crippen LogP contribution in [0.5, 0.6) is 0 Å². The molecule has 140 valence electrons. The van der Waals surface area contributed by atoms with E-state index in [-0.39, 0.29) is 12.8 Å². The summed E-state index contributed by atoms with van der Waals surface area (Å²) in [5, 5.41) is 11.3. The Kier molecular flexibility index (Phi) is 8.36. The van der Waals surface area contributed by atoms with Crippen LogP contribution in [-0.2, 0) is 24.0 Å². The lowest BCUT2D eigenvalue weighted by molar-refractivity contribution is -0.159. The van der Waals surface area contributed by atoms with Crippen LogP contribution in [0, 0.1) is 0 Å². The van der Waals surface area contributed by atoms with Crippen molar-refractivity contribution in [2.75, 3.05) is 0 Å². The summed E-state index contributed by atoms with van der Waals surface area (Å²) in [7, 11) is 0. The summed E-state index contributed by atoms with van der Waals surface area (Å²) < 4.78 is 5.19. The van der Waals surface area contributed by atoms with Gasteiger partial charge < -0.3 is 15.2 Å². The maximum Gasteiger partial charge on any atom is 0.328 e. The Hall–Kier alpha value is -1.67. The molecule has 0 saturated carbocycles. The fraction of sp³-hybridized carbons (Fsp3) is 0.812. The summed E-state index contributed by atoms with van der Waals surface area (Å²) in [5.74, 6) is -2.12. The molecule has 0 aliphatic rings. The number of hydroxylamine groups is 1. The van der Waals surface area contributed by atoms with Crippen molar-refractivity contribution in [3.8, 4) is 0 Å². The molecule has 0 saturated heterocycles. The topological polar surface area (TPSA) is 114 Å². The first kappa shape index (κ1) is 22.3. The summed E-state index contributed by atoms with van der Waals surface area (Å²) in [4.78, 5) is 40.3. The van der Waals surface area contributed by atoms with Crippen molar-refractivity contribution in [2.24, 2.45) is 0 Å². The van der Waals surface area contributed by atoms with Crippen LogP contribution in [-0.4, -0.2) is 46.2 Å². The average molecular weight is 346 g/mol. The second-order valence-corrected chi connectivity index (χ2v) is 7.58. The second kappa shape index (κ2) is 8.98. The number of carboxylic acid groups (broad SMARTS) is 1. The fourth-order valence-corrected chi connectivity index (χ4v) is 1.52. The number of hydrogen-bond donors (Lipinski definition) is 3. The molecule has 0 spiro atoms. The highest BCUT2D eigenvalue weighted by molar-refractivity contribution is 5.87. The quantitative estimate of drug-likeness (QED) is 0.449. The van der Waals surface area contributed by atoms with Gasteiger partial charge in [0.2, 0.25) is 5.91 Å². The average Bonchev–Trinajstić information content (AvgIpc) is 2.34. The van der Waals surface area contributed by atoms with E-state index in [0.717, 1.165) is 0 Å². The number of hydrogen-bond acceptors (Lipinski definition) is 6. The largest absolute Gasteiger partial charge is 0.481 e. The van der Waals surface area contributed by atoms with Crippen LogP contribution in [0.4, 0.5) is 0 Å². The minimum absolute atomic E-state index is 0.0261. The van der Waals surface area contributed by atoms with Gasteiger partial charge in [-0.15, -0.1) is 0 Å². The van der Waals surface area contributed by atoms with Crippen LogP contribution >= 0.6 is 0 Å². The number of aliphatic carboxylic acids is 1. The van der Waals surface area contributed by atoms with Crippen LogP contribution < -0.4 is 10.8 Å². The maximum absolute atomic E-state index is 12.3. The van der Waals surface area contributed by atoms with Crippen molar-refractivity contribution in [1.82, 2.24) is 10.8 Å². The SMILES string of the molecule is C[C@H](NC(=O)[C@H](CCC(=O)O)NOC(C)(C)C)C(=O)OC(C)(C)C. The number of rotatable bonds is 8. The fourth-order valence-electron chi connectivity index (χ4n) is 1.52. The van der Waals surface area contributed by atoms with Crippen molar-refractivity contribution in [3.05, 3.63) is 0 Å². The van der Waals surface area contributed by atoms with E-state index in [1.54, 1.807) is 41.5 Å². The molecule has 0 radical (unpaired) electrons. The van der Waals surface area contributed by atoms with Gasteiger partial charge in [0, 0.05) is 6.42 Å². The van der Waals surface area contributed by atoms with Crippen LogP contribution in [0.25, 0.3) is 0 Å². The van der Waals surface area contributed by atoms with E-state index in [1.807, 2.05) is 0 Å². The van der Waals surface area contributed by atoms with Gasteiger partial charge in [-0.2, -0.15) is 5.48 Å². The highest BCUT2D eigenvalue weighted by Crippen LogP contribution is 2.10. The molecular formula is C16H30N2O6. The molecule has 2 atom stereocenters. The number of nitrogens with one attached hydrogen (secondary N) is 2. The zero-order valence-electron chi connectivity index (χ0n) is 15.6. The van der Waals surface area contributed by atoms with Crippen molar-refractivity contribution in [2.45, 2.75) is 84.6 Å². The summed E-state index contributed by atoms with van der Waals surface area (Å²) >= 11 is 0. The van der Waals surface area contributed by atoms with E-state index >= 15 is 0 Å². The molecule has 0 unspecified atom stereocenters. The summed E-state index contributed by atoms with van der Waals surface area (Å²) in [6, 6.07) is -1.76. The van der Waals surface area contributed by atoms with E-state index in [1.165, 1.54) is 6.92 Å². The van der Waals surface area contributed by atoms with Gasteiger partial charge in [0.05, 0.1) is 5.60 Å². The first-order valence-electron chi connectivity index (χ1n) is 7.90.